The van der Waals surface area contributed by atoms with Crippen LogP contribution in [0, 0.1) is 0 Å². The van der Waals surface area contributed by atoms with E-state index in [-0.39, 0.29) is 24.1 Å². The average Bonchev–Trinajstić information content (AvgIpc) is 2.58. The molecule has 25 heavy (non-hydrogen) atoms. The molecule has 7 nitrogen and oxygen atoms in total. The molecule has 0 radical (unpaired) electrons. The molecule has 1 heterocycles. The molecule has 0 spiro atoms. The monoisotopic (exact) mass is 348 g/mol. The van der Waals surface area contributed by atoms with E-state index >= 15 is 0 Å². The Bertz CT molecular complexity index is 659. The number of hydrogen-bond acceptors (Lipinski definition) is 5. The van der Waals surface area contributed by atoms with E-state index in [0.29, 0.717) is 43.2 Å². The van der Waals surface area contributed by atoms with Crippen molar-refractivity contribution in [2.75, 3.05) is 31.2 Å². The molecule has 0 aliphatic carbocycles. The zero-order valence-electron chi connectivity index (χ0n) is 14.8. The fourth-order valence-corrected chi connectivity index (χ4v) is 2.53. The molecule has 7 heteroatoms. The molecule has 0 saturated carbocycles. The highest BCUT2D eigenvalue weighted by Gasteiger charge is 2.33. The Hall–Kier alpha value is -2.41. The number of ether oxygens (including phenoxy) is 2. The molecule has 2 rings (SSSR count). The van der Waals surface area contributed by atoms with Crippen LogP contribution in [0.2, 0.25) is 0 Å². The standard InChI is InChI=1S/C18H24N2O5/c1-4-24-9-5-8-19-17(22)11-20-15-10-14(12(2)21)6-7-16(15)25-13(3)18(20)23/h6-7,10,13H,4-5,8-9,11H2,1-3H3,(H,19,22). The summed E-state index contributed by atoms with van der Waals surface area (Å²) in [7, 11) is 0. The van der Waals surface area contributed by atoms with Crippen molar-refractivity contribution in [3.05, 3.63) is 23.8 Å². The summed E-state index contributed by atoms with van der Waals surface area (Å²) >= 11 is 0. The first-order valence-electron chi connectivity index (χ1n) is 8.41. The SMILES string of the molecule is CCOCCCNC(=O)CN1C(=O)C(C)Oc2ccc(C(C)=O)cc21. The van der Waals surface area contributed by atoms with Crippen molar-refractivity contribution < 1.29 is 23.9 Å². The molecule has 136 valence electrons. The highest BCUT2D eigenvalue weighted by atomic mass is 16.5. The highest BCUT2D eigenvalue weighted by Crippen LogP contribution is 2.34. The Kier molecular flexibility index (Phi) is 6.52. The van der Waals surface area contributed by atoms with Gasteiger partial charge >= 0.3 is 0 Å². The summed E-state index contributed by atoms with van der Waals surface area (Å²) in [5, 5.41) is 2.77. The summed E-state index contributed by atoms with van der Waals surface area (Å²) in [6, 6.07) is 4.89. The van der Waals surface area contributed by atoms with Crippen molar-refractivity contribution in [3.63, 3.8) is 0 Å². The molecule has 1 aromatic rings. The smallest absolute Gasteiger partial charge is 0.268 e. The van der Waals surface area contributed by atoms with E-state index in [1.165, 1.54) is 11.8 Å². The summed E-state index contributed by atoms with van der Waals surface area (Å²) in [6.07, 6.45) is 0.0272. The Morgan fingerprint density at radius 1 is 1.36 bits per heavy atom. The lowest BCUT2D eigenvalue weighted by Gasteiger charge is -2.32. The number of ketones is 1. The number of benzene rings is 1. The van der Waals surface area contributed by atoms with Gasteiger partial charge in [-0.1, -0.05) is 0 Å². The third kappa shape index (κ3) is 4.79. The number of nitrogens with one attached hydrogen (secondary N) is 1. The van der Waals surface area contributed by atoms with Gasteiger partial charge in [-0.05, 0) is 45.4 Å². The van der Waals surface area contributed by atoms with Crippen LogP contribution >= 0.6 is 0 Å². The second-order valence-corrected chi connectivity index (χ2v) is 5.82. The van der Waals surface area contributed by atoms with Gasteiger partial charge in [0.15, 0.2) is 11.9 Å². The fourth-order valence-electron chi connectivity index (χ4n) is 2.53. The van der Waals surface area contributed by atoms with Gasteiger partial charge in [-0.15, -0.1) is 0 Å². The molecule has 1 aliphatic rings. The maximum Gasteiger partial charge on any atom is 0.268 e. The van der Waals surface area contributed by atoms with E-state index in [2.05, 4.69) is 5.32 Å². The topological polar surface area (TPSA) is 84.9 Å². The lowest BCUT2D eigenvalue weighted by atomic mass is 10.1. The van der Waals surface area contributed by atoms with Crippen molar-refractivity contribution in [1.29, 1.82) is 0 Å². The first kappa shape index (κ1) is 18.9. The minimum atomic E-state index is -0.679. The van der Waals surface area contributed by atoms with Gasteiger partial charge in [0.05, 0.1) is 5.69 Å². The van der Waals surface area contributed by atoms with Crippen LogP contribution in [0.15, 0.2) is 18.2 Å². The Morgan fingerprint density at radius 2 is 2.12 bits per heavy atom. The molecule has 0 aromatic heterocycles. The quantitative estimate of drug-likeness (QED) is 0.569. The van der Waals surface area contributed by atoms with Crippen LogP contribution in [0.3, 0.4) is 0 Å². The van der Waals surface area contributed by atoms with Gasteiger partial charge in [0.25, 0.3) is 5.91 Å². The molecule has 1 aliphatic heterocycles. The number of amides is 2. The van der Waals surface area contributed by atoms with Crippen molar-refractivity contribution in [2.45, 2.75) is 33.3 Å². The Labute approximate surface area is 147 Å². The van der Waals surface area contributed by atoms with E-state index in [0.717, 1.165) is 0 Å². The summed E-state index contributed by atoms with van der Waals surface area (Å²) < 4.78 is 10.8. The lowest BCUT2D eigenvalue weighted by molar-refractivity contribution is -0.128. The molecule has 1 N–H and O–H groups in total. The Balaban J connectivity index is 2.08. The van der Waals surface area contributed by atoms with Gasteiger partial charge in [0.1, 0.15) is 12.3 Å². The van der Waals surface area contributed by atoms with Gasteiger partial charge in [-0.2, -0.15) is 0 Å². The van der Waals surface area contributed by atoms with Crippen molar-refractivity contribution in [1.82, 2.24) is 5.32 Å². The van der Waals surface area contributed by atoms with Crippen molar-refractivity contribution in [3.8, 4) is 5.75 Å². The fraction of sp³-hybridized carbons (Fsp3) is 0.500. The van der Waals surface area contributed by atoms with E-state index in [9.17, 15) is 14.4 Å². The van der Waals surface area contributed by atoms with Crippen LogP contribution in [0.4, 0.5) is 5.69 Å². The largest absolute Gasteiger partial charge is 0.479 e. The summed E-state index contributed by atoms with van der Waals surface area (Å²) in [6.45, 7) is 6.58. The minimum Gasteiger partial charge on any atom is -0.479 e. The van der Waals surface area contributed by atoms with E-state index in [4.69, 9.17) is 9.47 Å². The van der Waals surface area contributed by atoms with Gasteiger partial charge < -0.3 is 14.8 Å². The number of Topliss-reactive ketones (excluding diaryl/α,β-unsaturated/α-hetero) is 1. The molecule has 1 atom stereocenters. The number of fused-ring (bicyclic) bond motifs is 1. The first-order valence-corrected chi connectivity index (χ1v) is 8.41. The maximum atomic E-state index is 12.4. The second-order valence-electron chi connectivity index (χ2n) is 5.82. The van der Waals surface area contributed by atoms with Crippen LogP contribution in [0.1, 0.15) is 37.6 Å². The summed E-state index contributed by atoms with van der Waals surface area (Å²) in [5.41, 5.74) is 0.909. The Morgan fingerprint density at radius 3 is 2.80 bits per heavy atom. The zero-order chi connectivity index (χ0) is 18.4. The number of anilines is 1. The number of carbonyl (C=O) groups is 3. The predicted molar refractivity (Wildman–Crippen MR) is 93.0 cm³/mol. The average molecular weight is 348 g/mol. The number of rotatable bonds is 8. The summed E-state index contributed by atoms with van der Waals surface area (Å²) in [4.78, 5) is 37.6. The van der Waals surface area contributed by atoms with Gasteiger partial charge in [-0.3, -0.25) is 19.3 Å². The summed E-state index contributed by atoms with van der Waals surface area (Å²) in [5.74, 6) is -0.203. The van der Waals surface area contributed by atoms with Gasteiger partial charge in [0.2, 0.25) is 5.91 Å². The van der Waals surface area contributed by atoms with E-state index < -0.39 is 6.10 Å². The maximum absolute atomic E-state index is 12.4. The lowest BCUT2D eigenvalue weighted by Crippen LogP contribution is -2.49. The molecule has 0 bridgehead atoms. The molecule has 2 amide bonds. The van der Waals surface area contributed by atoms with Crippen LogP contribution in [0.25, 0.3) is 0 Å². The third-order valence-electron chi connectivity index (χ3n) is 3.87. The zero-order valence-corrected chi connectivity index (χ0v) is 14.8. The highest BCUT2D eigenvalue weighted by molar-refractivity contribution is 6.05. The van der Waals surface area contributed by atoms with Gasteiger partial charge in [0, 0.05) is 25.3 Å². The third-order valence-corrected chi connectivity index (χ3v) is 3.87. The van der Waals surface area contributed by atoms with E-state index in [1.54, 1.807) is 25.1 Å². The molecule has 0 saturated heterocycles. The predicted octanol–water partition coefficient (Wildman–Crippen LogP) is 1.55. The number of carbonyl (C=O) groups excluding carboxylic acids is 3. The molecule has 0 fully saturated rings. The second kappa shape index (κ2) is 8.62. The molecular formula is C18H24N2O5. The van der Waals surface area contributed by atoms with Crippen LogP contribution < -0.4 is 15.0 Å². The van der Waals surface area contributed by atoms with E-state index in [1.807, 2.05) is 6.92 Å². The van der Waals surface area contributed by atoms with Crippen molar-refractivity contribution in [2.24, 2.45) is 0 Å². The molecule has 1 aromatic carbocycles. The minimum absolute atomic E-state index is 0.116. The normalized spacial score (nSPS) is 16.2. The molecule has 1 unspecified atom stereocenters. The number of hydrogen-bond donors (Lipinski definition) is 1. The molecular weight excluding hydrogens is 324 g/mol. The van der Waals surface area contributed by atoms with Gasteiger partial charge in [-0.25, -0.2) is 0 Å². The first-order chi connectivity index (χ1) is 11.9. The van der Waals surface area contributed by atoms with Crippen LogP contribution in [0.5, 0.6) is 5.75 Å². The van der Waals surface area contributed by atoms with Crippen LogP contribution in [-0.4, -0.2) is 50.0 Å². The number of nitrogens with zero attached hydrogens (tertiary/aromatic N) is 1. The van der Waals surface area contributed by atoms with Crippen LogP contribution in [-0.2, 0) is 14.3 Å². The van der Waals surface area contributed by atoms with Crippen molar-refractivity contribution >= 4 is 23.3 Å².